The number of amides is 4. The predicted octanol–water partition coefficient (Wildman–Crippen LogP) is 2.22. The van der Waals surface area contributed by atoms with E-state index in [1.54, 1.807) is 24.3 Å². The molecule has 0 saturated carbocycles. The number of rotatable bonds is 5. The summed E-state index contributed by atoms with van der Waals surface area (Å²) in [6, 6.07) is 9.82. The largest absolute Gasteiger partial charge is 0.368 e. The first-order valence-corrected chi connectivity index (χ1v) is 12.2. The Morgan fingerprint density at radius 3 is 2.64 bits per heavy atom. The Balaban J connectivity index is 1.51. The second-order valence-corrected chi connectivity index (χ2v) is 10.3. The molecule has 1 spiro atoms. The lowest BCUT2D eigenvalue weighted by Crippen LogP contribution is -2.56. The summed E-state index contributed by atoms with van der Waals surface area (Å²) in [4.78, 5) is 56.0. The molecule has 36 heavy (non-hydrogen) atoms. The van der Waals surface area contributed by atoms with E-state index < -0.39 is 41.0 Å². The molecule has 5 rings (SSSR count). The van der Waals surface area contributed by atoms with Crippen molar-refractivity contribution in [1.82, 2.24) is 9.80 Å². The molecule has 3 N–H and O–H groups in total. The van der Waals surface area contributed by atoms with Crippen molar-refractivity contribution < 1.29 is 23.6 Å². The van der Waals surface area contributed by atoms with Gasteiger partial charge in [-0.3, -0.25) is 19.2 Å². The molecule has 3 aliphatic heterocycles. The van der Waals surface area contributed by atoms with Gasteiger partial charge < -0.3 is 20.9 Å². The molecule has 0 aromatic heterocycles. The Morgan fingerprint density at radius 2 is 1.92 bits per heavy atom. The fourth-order valence-electron chi connectivity index (χ4n) is 5.92. The smallest absolute Gasteiger partial charge is 0.257 e. The Labute approximate surface area is 208 Å². The van der Waals surface area contributed by atoms with E-state index in [1.807, 2.05) is 26.0 Å². The van der Waals surface area contributed by atoms with E-state index in [4.69, 9.17) is 5.73 Å². The van der Waals surface area contributed by atoms with Crippen LogP contribution in [0, 0.1) is 11.7 Å². The first kappa shape index (κ1) is 24.0. The van der Waals surface area contributed by atoms with E-state index in [0.29, 0.717) is 24.1 Å². The average Bonchev–Trinajstić information content (AvgIpc) is 3.37. The first-order chi connectivity index (χ1) is 17.1. The molecule has 1 fully saturated rings. The minimum absolute atomic E-state index is 0.0150. The van der Waals surface area contributed by atoms with Crippen LogP contribution in [0.1, 0.15) is 48.2 Å². The van der Waals surface area contributed by atoms with Crippen LogP contribution in [0.25, 0.3) is 0 Å². The molecule has 0 aliphatic carbocycles. The number of nitrogens with one attached hydrogen (secondary N) is 1. The molecule has 188 valence electrons. The summed E-state index contributed by atoms with van der Waals surface area (Å²) < 4.78 is 14.6. The van der Waals surface area contributed by atoms with Crippen molar-refractivity contribution in [2.45, 2.75) is 50.6 Å². The first-order valence-electron chi connectivity index (χ1n) is 12.2. The maximum absolute atomic E-state index is 14.6. The van der Waals surface area contributed by atoms with Gasteiger partial charge in [0.25, 0.3) is 5.91 Å². The van der Waals surface area contributed by atoms with Crippen LogP contribution in [-0.4, -0.2) is 58.6 Å². The van der Waals surface area contributed by atoms with Gasteiger partial charge in [-0.25, -0.2) is 4.39 Å². The monoisotopic (exact) mass is 492 g/mol. The van der Waals surface area contributed by atoms with Gasteiger partial charge in [0.15, 0.2) is 0 Å². The Bertz CT molecular complexity index is 1280. The van der Waals surface area contributed by atoms with Gasteiger partial charge >= 0.3 is 0 Å². The number of carbonyl (C=O) groups is 4. The van der Waals surface area contributed by atoms with Crippen LogP contribution in [-0.2, 0) is 26.2 Å². The Morgan fingerprint density at radius 1 is 1.17 bits per heavy atom. The van der Waals surface area contributed by atoms with E-state index >= 15 is 0 Å². The number of hydrogen-bond donors (Lipinski definition) is 2. The number of halogens is 1. The number of nitrogens with two attached hydrogens (primary N) is 1. The van der Waals surface area contributed by atoms with Crippen LogP contribution in [0.15, 0.2) is 42.5 Å². The lowest BCUT2D eigenvalue weighted by atomic mass is 9.79. The van der Waals surface area contributed by atoms with Gasteiger partial charge in [0.05, 0.1) is 11.0 Å². The highest BCUT2D eigenvalue weighted by Crippen LogP contribution is 2.46. The number of para-hydroxylation sites is 1. The lowest BCUT2D eigenvalue weighted by molar-refractivity contribution is -0.141. The van der Waals surface area contributed by atoms with Crippen molar-refractivity contribution in [3.63, 3.8) is 0 Å². The van der Waals surface area contributed by atoms with Gasteiger partial charge in [-0.15, -0.1) is 0 Å². The molecule has 0 bridgehead atoms. The minimum atomic E-state index is -1.10. The molecular weight excluding hydrogens is 463 g/mol. The number of nitrogens with zero attached hydrogens (tertiary/aromatic N) is 2. The second kappa shape index (κ2) is 8.72. The SMILES string of the molecule is CC(C)C[C@@H](C(=O)N1C[C@]2(C[C@H]1C(N)=O)C(=O)Nc1ccccc12)N1CCc2cccc(F)c2C1=O. The summed E-state index contributed by atoms with van der Waals surface area (Å²) in [6.45, 7) is 4.09. The van der Waals surface area contributed by atoms with Crippen LogP contribution in [0.2, 0.25) is 0 Å². The molecule has 3 heterocycles. The van der Waals surface area contributed by atoms with Crippen molar-refractivity contribution in [2.24, 2.45) is 11.7 Å². The van der Waals surface area contributed by atoms with Crippen LogP contribution in [0.4, 0.5) is 10.1 Å². The van der Waals surface area contributed by atoms with Gasteiger partial charge in [-0.05, 0) is 48.4 Å². The molecule has 8 nitrogen and oxygen atoms in total. The van der Waals surface area contributed by atoms with Crippen LogP contribution in [0.3, 0.4) is 0 Å². The molecule has 2 aromatic carbocycles. The van der Waals surface area contributed by atoms with Gasteiger partial charge in [-0.1, -0.05) is 44.2 Å². The van der Waals surface area contributed by atoms with E-state index in [9.17, 15) is 23.6 Å². The Kier molecular flexibility index (Phi) is 5.81. The normalized spacial score (nSPS) is 23.6. The fraction of sp³-hybridized carbons (Fsp3) is 0.407. The number of primary amides is 1. The van der Waals surface area contributed by atoms with E-state index in [2.05, 4.69) is 5.32 Å². The maximum Gasteiger partial charge on any atom is 0.257 e. The topological polar surface area (TPSA) is 113 Å². The molecule has 9 heteroatoms. The summed E-state index contributed by atoms with van der Waals surface area (Å²) in [6.07, 6.45) is 0.808. The molecule has 2 aromatic rings. The maximum atomic E-state index is 14.6. The third-order valence-corrected chi connectivity index (χ3v) is 7.65. The molecule has 0 radical (unpaired) electrons. The van der Waals surface area contributed by atoms with Crippen molar-refractivity contribution in [3.8, 4) is 0 Å². The van der Waals surface area contributed by atoms with Gasteiger partial charge in [0, 0.05) is 18.8 Å². The van der Waals surface area contributed by atoms with Gasteiger partial charge in [-0.2, -0.15) is 0 Å². The molecule has 4 amide bonds. The third-order valence-electron chi connectivity index (χ3n) is 7.65. The number of likely N-dealkylation sites (tertiary alicyclic amines) is 1. The molecule has 1 saturated heterocycles. The zero-order chi connectivity index (χ0) is 25.8. The summed E-state index contributed by atoms with van der Waals surface area (Å²) in [5.41, 5.74) is 6.61. The highest BCUT2D eigenvalue weighted by molar-refractivity contribution is 6.08. The summed E-state index contributed by atoms with van der Waals surface area (Å²) in [5.74, 6) is -2.56. The van der Waals surface area contributed by atoms with Crippen molar-refractivity contribution in [2.75, 3.05) is 18.4 Å². The van der Waals surface area contributed by atoms with Crippen LogP contribution in [0.5, 0.6) is 0 Å². The van der Waals surface area contributed by atoms with Crippen molar-refractivity contribution in [3.05, 3.63) is 65.0 Å². The highest BCUT2D eigenvalue weighted by atomic mass is 19.1. The highest BCUT2D eigenvalue weighted by Gasteiger charge is 2.58. The third kappa shape index (κ3) is 3.65. The lowest BCUT2D eigenvalue weighted by Gasteiger charge is -2.38. The standard InChI is InChI=1S/C27H29FN4O4/c1-15(2)12-20(31-11-10-16-6-5-8-18(28)22(16)25(31)35)24(34)32-14-27(13-21(32)23(29)33)17-7-3-4-9-19(17)30-26(27)36/h3-9,15,20-21H,10-14H2,1-2H3,(H2,29,33)(H,30,36)/t20-,21-,27-/m0/s1. The van der Waals surface area contributed by atoms with E-state index in [1.165, 1.54) is 15.9 Å². The minimum Gasteiger partial charge on any atom is -0.368 e. The van der Waals surface area contributed by atoms with Gasteiger partial charge in [0.2, 0.25) is 17.7 Å². The number of anilines is 1. The Hall–Kier alpha value is -3.75. The molecule has 3 atom stereocenters. The number of fused-ring (bicyclic) bond motifs is 3. The summed E-state index contributed by atoms with van der Waals surface area (Å²) in [5, 5.41) is 2.86. The summed E-state index contributed by atoms with van der Waals surface area (Å²) >= 11 is 0. The molecule has 3 aliphatic rings. The van der Waals surface area contributed by atoms with Crippen LogP contribution >= 0.6 is 0 Å². The van der Waals surface area contributed by atoms with E-state index in [0.717, 1.165) is 5.56 Å². The van der Waals surface area contributed by atoms with Crippen molar-refractivity contribution >= 4 is 29.3 Å². The molecular formula is C27H29FN4O4. The summed E-state index contributed by atoms with van der Waals surface area (Å²) in [7, 11) is 0. The predicted molar refractivity (Wildman–Crippen MR) is 130 cm³/mol. The number of hydrogen-bond acceptors (Lipinski definition) is 4. The zero-order valence-electron chi connectivity index (χ0n) is 20.3. The van der Waals surface area contributed by atoms with Crippen molar-refractivity contribution in [1.29, 1.82) is 0 Å². The second-order valence-electron chi connectivity index (χ2n) is 10.3. The van der Waals surface area contributed by atoms with Crippen LogP contribution < -0.4 is 11.1 Å². The fourth-order valence-corrected chi connectivity index (χ4v) is 5.92. The van der Waals surface area contributed by atoms with Gasteiger partial charge in [0.1, 0.15) is 17.9 Å². The quantitative estimate of drug-likeness (QED) is 0.666. The average molecular weight is 493 g/mol. The molecule has 0 unspecified atom stereocenters. The number of carbonyl (C=O) groups excluding carboxylic acids is 4. The van der Waals surface area contributed by atoms with E-state index in [-0.39, 0.29) is 36.9 Å². The zero-order valence-corrected chi connectivity index (χ0v) is 20.3. The number of benzene rings is 2.